The fourth-order valence-corrected chi connectivity index (χ4v) is 2.93. The molecule has 2 aromatic rings. The van der Waals surface area contributed by atoms with Crippen LogP contribution in [0.3, 0.4) is 0 Å². The fraction of sp³-hybridized carbons (Fsp3) is 0.222. The van der Waals surface area contributed by atoms with E-state index in [0.717, 1.165) is 6.66 Å². The van der Waals surface area contributed by atoms with Crippen LogP contribution in [0, 0.1) is 0 Å². The molecule has 0 aromatic heterocycles. The van der Waals surface area contributed by atoms with Gasteiger partial charge in [0.05, 0.1) is 0 Å². The van der Waals surface area contributed by atoms with Crippen LogP contribution < -0.4 is 10.6 Å². The van der Waals surface area contributed by atoms with Crippen LogP contribution in [0.15, 0.2) is 54.6 Å². The normalized spacial score (nSPS) is 14.0. The van der Waals surface area contributed by atoms with Gasteiger partial charge in [-0.2, -0.15) is 4.20 Å². The Hall–Kier alpha value is -2.17. The number of para-hydroxylation sites is 1. The van der Waals surface area contributed by atoms with Gasteiger partial charge in [0.15, 0.2) is 0 Å². The molecule has 0 aliphatic rings. The summed E-state index contributed by atoms with van der Waals surface area (Å²) in [4.78, 5) is 25.8. The summed E-state index contributed by atoms with van der Waals surface area (Å²) >= 11 is 5.93. The molecule has 26 heavy (non-hydrogen) atoms. The number of hydrogen-bond donors (Lipinski definition) is 2. The standard InChI is InChI=1S/C18H19ClFN2O3P/c1-3-21-16(23)18(17(24)25-26(2)20,13-9-11-14(19)12-10-13)22-15-7-5-4-6-8-15/h4-12,22H,3H2,1-2H3,(H,21,23). The maximum absolute atomic E-state index is 13.5. The van der Waals surface area contributed by atoms with Gasteiger partial charge in [0.2, 0.25) is 5.54 Å². The minimum absolute atomic E-state index is 0.286. The zero-order valence-electron chi connectivity index (χ0n) is 14.3. The van der Waals surface area contributed by atoms with E-state index in [-0.39, 0.29) is 6.54 Å². The molecule has 0 bridgehead atoms. The molecule has 0 saturated carbocycles. The third-order valence-electron chi connectivity index (χ3n) is 3.58. The van der Waals surface area contributed by atoms with Crippen LogP contribution in [0.4, 0.5) is 9.88 Å². The zero-order chi connectivity index (χ0) is 19.2. The molecule has 138 valence electrons. The topological polar surface area (TPSA) is 67.4 Å². The van der Waals surface area contributed by atoms with E-state index in [2.05, 4.69) is 10.6 Å². The summed E-state index contributed by atoms with van der Waals surface area (Å²) in [6, 6.07) is 14.9. The summed E-state index contributed by atoms with van der Waals surface area (Å²) in [7, 11) is -2.51. The van der Waals surface area contributed by atoms with E-state index in [1.54, 1.807) is 49.4 Å². The highest BCUT2D eigenvalue weighted by Gasteiger charge is 2.50. The van der Waals surface area contributed by atoms with Gasteiger partial charge in [-0.05, 0) is 36.8 Å². The van der Waals surface area contributed by atoms with Crippen molar-refractivity contribution in [3.05, 3.63) is 65.2 Å². The second kappa shape index (κ2) is 8.97. The molecule has 2 atom stereocenters. The van der Waals surface area contributed by atoms with Gasteiger partial charge in [-0.25, -0.2) is 4.79 Å². The van der Waals surface area contributed by atoms with Gasteiger partial charge < -0.3 is 15.2 Å². The highest BCUT2D eigenvalue weighted by molar-refractivity contribution is 7.46. The van der Waals surface area contributed by atoms with Crippen molar-refractivity contribution in [1.82, 2.24) is 5.32 Å². The molecular weight excluding hydrogens is 378 g/mol. The van der Waals surface area contributed by atoms with Crippen LogP contribution >= 0.6 is 20.1 Å². The van der Waals surface area contributed by atoms with Crippen LogP contribution in [0.25, 0.3) is 0 Å². The molecule has 0 spiro atoms. The van der Waals surface area contributed by atoms with Crippen molar-refractivity contribution in [2.75, 3.05) is 18.5 Å². The van der Waals surface area contributed by atoms with E-state index < -0.39 is 25.9 Å². The third-order valence-corrected chi connectivity index (χ3v) is 4.25. The van der Waals surface area contributed by atoms with Crippen LogP contribution in [0.5, 0.6) is 0 Å². The van der Waals surface area contributed by atoms with Crippen LogP contribution in [0.1, 0.15) is 12.5 Å². The Kier molecular flexibility index (Phi) is 6.95. The van der Waals surface area contributed by atoms with Crippen molar-refractivity contribution in [2.45, 2.75) is 12.5 Å². The van der Waals surface area contributed by atoms with Crippen molar-refractivity contribution in [2.24, 2.45) is 0 Å². The largest absolute Gasteiger partial charge is 0.410 e. The quantitative estimate of drug-likeness (QED) is 0.542. The first-order valence-electron chi connectivity index (χ1n) is 7.89. The molecule has 2 rings (SSSR count). The van der Waals surface area contributed by atoms with E-state index in [9.17, 15) is 13.8 Å². The fourth-order valence-electron chi connectivity index (χ4n) is 2.44. The molecule has 2 N–H and O–H groups in total. The molecule has 0 radical (unpaired) electrons. The Balaban J connectivity index is 2.62. The van der Waals surface area contributed by atoms with Crippen molar-refractivity contribution in [3.63, 3.8) is 0 Å². The number of hydrogen-bond acceptors (Lipinski definition) is 4. The Morgan fingerprint density at radius 3 is 2.31 bits per heavy atom. The number of anilines is 1. The lowest BCUT2D eigenvalue weighted by Crippen LogP contribution is -2.56. The Morgan fingerprint density at radius 2 is 1.77 bits per heavy atom. The molecule has 0 aliphatic carbocycles. The average Bonchev–Trinajstić information content (AvgIpc) is 2.61. The summed E-state index contributed by atoms with van der Waals surface area (Å²) in [6.07, 6.45) is 0. The van der Waals surface area contributed by atoms with Gasteiger partial charge in [-0.15, -0.1) is 0 Å². The summed E-state index contributed by atoms with van der Waals surface area (Å²) < 4.78 is 18.3. The first-order chi connectivity index (χ1) is 12.4. The lowest BCUT2D eigenvalue weighted by molar-refractivity contribution is -0.145. The minimum atomic E-state index is -2.51. The molecule has 0 heterocycles. The lowest BCUT2D eigenvalue weighted by Gasteiger charge is -2.32. The van der Waals surface area contributed by atoms with E-state index >= 15 is 0 Å². The van der Waals surface area contributed by atoms with E-state index in [4.69, 9.17) is 16.1 Å². The highest BCUT2D eigenvalue weighted by Crippen LogP contribution is 2.39. The first kappa shape index (κ1) is 20.1. The summed E-state index contributed by atoms with van der Waals surface area (Å²) in [5, 5.41) is 6.00. The second-order valence-electron chi connectivity index (χ2n) is 5.41. The number of carbonyl (C=O) groups excluding carboxylic acids is 2. The smallest absolute Gasteiger partial charge is 0.351 e. The predicted octanol–water partition coefficient (Wildman–Crippen LogP) is 4.24. The zero-order valence-corrected chi connectivity index (χ0v) is 16.0. The second-order valence-corrected chi connectivity index (χ2v) is 6.87. The number of amides is 1. The maximum atomic E-state index is 13.5. The molecular formula is C18H19ClFN2O3P. The average molecular weight is 397 g/mol. The van der Waals surface area contributed by atoms with Gasteiger partial charge in [-0.1, -0.05) is 41.9 Å². The Morgan fingerprint density at radius 1 is 1.15 bits per heavy atom. The Labute approximate surface area is 157 Å². The van der Waals surface area contributed by atoms with Crippen molar-refractivity contribution in [1.29, 1.82) is 0 Å². The molecule has 2 aromatic carbocycles. The molecule has 1 amide bonds. The van der Waals surface area contributed by atoms with Crippen molar-refractivity contribution >= 4 is 37.6 Å². The number of rotatable bonds is 7. The molecule has 0 aliphatic heterocycles. The van der Waals surface area contributed by atoms with Gasteiger partial charge in [0, 0.05) is 23.9 Å². The number of nitrogens with one attached hydrogen (secondary N) is 2. The maximum Gasteiger partial charge on any atom is 0.351 e. The van der Waals surface area contributed by atoms with E-state index in [1.807, 2.05) is 0 Å². The molecule has 0 saturated heterocycles. The number of benzene rings is 2. The molecule has 0 fully saturated rings. The summed E-state index contributed by atoms with van der Waals surface area (Å²) in [5.41, 5.74) is -1.16. The summed E-state index contributed by atoms with van der Waals surface area (Å²) in [5.74, 6) is -1.67. The van der Waals surface area contributed by atoms with Crippen molar-refractivity contribution in [3.8, 4) is 0 Å². The van der Waals surface area contributed by atoms with Gasteiger partial charge >= 0.3 is 5.97 Å². The van der Waals surface area contributed by atoms with Crippen LogP contribution in [-0.2, 0) is 19.7 Å². The van der Waals surface area contributed by atoms with E-state index in [1.165, 1.54) is 12.1 Å². The summed E-state index contributed by atoms with van der Waals surface area (Å²) in [6.45, 7) is 3.15. The molecule has 5 nitrogen and oxygen atoms in total. The highest BCUT2D eigenvalue weighted by atomic mass is 35.5. The first-order valence-corrected chi connectivity index (χ1v) is 9.87. The molecule has 8 heteroatoms. The number of carbonyl (C=O) groups is 2. The van der Waals surface area contributed by atoms with Gasteiger partial charge in [-0.3, -0.25) is 4.79 Å². The minimum Gasteiger partial charge on any atom is -0.410 e. The number of halogens is 2. The lowest BCUT2D eigenvalue weighted by atomic mass is 9.88. The van der Waals surface area contributed by atoms with Gasteiger partial charge in [0.1, 0.15) is 0 Å². The third kappa shape index (κ3) is 4.51. The Bertz CT molecular complexity index is 759. The molecule has 2 unspecified atom stereocenters. The predicted molar refractivity (Wildman–Crippen MR) is 102 cm³/mol. The monoisotopic (exact) mass is 396 g/mol. The van der Waals surface area contributed by atoms with E-state index in [0.29, 0.717) is 16.3 Å². The SMILES string of the molecule is CCNC(=O)C(Nc1ccccc1)(C(=O)OP(C)F)c1ccc(Cl)cc1. The van der Waals surface area contributed by atoms with Crippen LogP contribution in [-0.4, -0.2) is 25.1 Å². The van der Waals surface area contributed by atoms with Crippen molar-refractivity contribution < 1.29 is 18.3 Å². The number of likely N-dealkylation sites (N-methyl/N-ethyl adjacent to an activating group) is 1. The van der Waals surface area contributed by atoms with Crippen LogP contribution in [0.2, 0.25) is 5.02 Å². The van der Waals surface area contributed by atoms with Gasteiger partial charge in [0.25, 0.3) is 14.4 Å².